The van der Waals surface area contributed by atoms with Crippen LogP contribution in [-0.2, 0) is 4.74 Å². The van der Waals surface area contributed by atoms with Crippen molar-refractivity contribution in [3.8, 4) is 0 Å². The van der Waals surface area contributed by atoms with E-state index in [1.807, 2.05) is 13.8 Å². The topological polar surface area (TPSA) is 21.3 Å². The Balaban J connectivity index is 3.84. The van der Waals surface area contributed by atoms with E-state index in [-0.39, 0.29) is 0 Å². The van der Waals surface area contributed by atoms with Crippen LogP contribution >= 0.6 is 0 Å². The maximum absolute atomic E-state index is 12.2. The molecule has 0 spiro atoms. The smallest absolute Gasteiger partial charge is 0.382 e. The van der Waals surface area contributed by atoms with Crippen molar-refractivity contribution in [2.45, 2.75) is 45.3 Å². The Hall–Kier alpha value is -0.290. The second-order valence-electron chi connectivity index (χ2n) is 3.46. The van der Waals surface area contributed by atoms with E-state index in [1.165, 1.54) is 0 Å². The zero-order valence-electron chi connectivity index (χ0n) is 9.36. The van der Waals surface area contributed by atoms with Crippen LogP contribution < -0.4 is 5.32 Å². The van der Waals surface area contributed by atoms with E-state index in [9.17, 15) is 13.2 Å². The van der Waals surface area contributed by atoms with Crippen LogP contribution in [0.2, 0.25) is 0 Å². The fourth-order valence-corrected chi connectivity index (χ4v) is 1.27. The average Bonchev–Trinajstić information content (AvgIpc) is 2.12. The van der Waals surface area contributed by atoms with Crippen LogP contribution in [0.3, 0.4) is 0 Å². The van der Waals surface area contributed by atoms with E-state index in [0.29, 0.717) is 26.2 Å². The molecule has 0 aromatic carbocycles. The molecule has 5 heteroatoms. The van der Waals surface area contributed by atoms with Crippen LogP contribution in [0.1, 0.15) is 33.1 Å². The van der Waals surface area contributed by atoms with Gasteiger partial charge in [0.2, 0.25) is 0 Å². The highest BCUT2D eigenvalue weighted by Gasteiger charge is 2.31. The molecule has 0 rings (SSSR count). The molecule has 0 aromatic heterocycles. The Labute approximate surface area is 89.2 Å². The number of rotatable bonds is 8. The molecule has 1 atom stereocenters. The summed E-state index contributed by atoms with van der Waals surface area (Å²) in [7, 11) is 0. The lowest BCUT2D eigenvalue weighted by atomic mass is 10.1. The van der Waals surface area contributed by atoms with Crippen LogP contribution in [0.15, 0.2) is 0 Å². The van der Waals surface area contributed by atoms with Gasteiger partial charge in [0.1, 0.15) is 0 Å². The van der Waals surface area contributed by atoms with Gasteiger partial charge in [0.15, 0.2) is 0 Å². The lowest BCUT2D eigenvalue weighted by Crippen LogP contribution is -2.35. The molecule has 0 aliphatic rings. The van der Waals surface area contributed by atoms with Gasteiger partial charge in [-0.25, -0.2) is 0 Å². The zero-order chi connectivity index (χ0) is 11.7. The maximum atomic E-state index is 12.2. The summed E-state index contributed by atoms with van der Waals surface area (Å²) < 4.78 is 41.5. The summed E-state index contributed by atoms with van der Waals surface area (Å²) in [5.74, 6) is 0. The minimum atomic E-state index is -4.10. The molecular weight excluding hydrogens is 207 g/mol. The first kappa shape index (κ1) is 14.7. The molecule has 0 aliphatic heterocycles. The summed E-state index contributed by atoms with van der Waals surface area (Å²) in [5.41, 5.74) is 0. The molecule has 1 N–H and O–H groups in total. The molecule has 0 saturated heterocycles. The highest BCUT2D eigenvalue weighted by molar-refractivity contribution is 4.70. The van der Waals surface area contributed by atoms with Gasteiger partial charge in [-0.1, -0.05) is 6.92 Å². The van der Waals surface area contributed by atoms with Gasteiger partial charge in [0.05, 0.1) is 6.42 Å². The molecule has 0 aliphatic carbocycles. The number of ether oxygens (including phenoxy) is 1. The Morgan fingerprint density at radius 2 is 1.93 bits per heavy atom. The Morgan fingerprint density at radius 3 is 2.40 bits per heavy atom. The third-order valence-corrected chi connectivity index (χ3v) is 1.98. The molecule has 0 fully saturated rings. The quantitative estimate of drug-likeness (QED) is 0.644. The van der Waals surface area contributed by atoms with Gasteiger partial charge in [-0.3, -0.25) is 0 Å². The second kappa shape index (κ2) is 7.93. The van der Waals surface area contributed by atoms with Crippen molar-refractivity contribution in [1.29, 1.82) is 0 Å². The average molecular weight is 227 g/mol. The van der Waals surface area contributed by atoms with Crippen molar-refractivity contribution in [3.05, 3.63) is 0 Å². The van der Waals surface area contributed by atoms with E-state index in [0.717, 1.165) is 6.42 Å². The van der Waals surface area contributed by atoms with E-state index in [2.05, 4.69) is 5.32 Å². The molecule has 2 nitrogen and oxygen atoms in total. The van der Waals surface area contributed by atoms with E-state index < -0.39 is 18.6 Å². The van der Waals surface area contributed by atoms with Crippen LogP contribution in [0, 0.1) is 0 Å². The molecular formula is C10H20F3NO. The highest BCUT2D eigenvalue weighted by Crippen LogP contribution is 2.22. The predicted octanol–water partition coefficient (Wildman–Crippen LogP) is 2.73. The number of alkyl halides is 3. The van der Waals surface area contributed by atoms with Crippen molar-refractivity contribution in [3.63, 3.8) is 0 Å². The predicted molar refractivity (Wildman–Crippen MR) is 53.9 cm³/mol. The lowest BCUT2D eigenvalue weighted by molar-refractivity contribution is -0.141. The summed E-state index contributed by atoms with van der Waals surface area (Å²) >= 11 is 0. The van der Waals surface area contributed by atoms with Gasteiger partial charge in [0, 0.05) is 19.3 Å². The zero-order valence-corrected chi connectivity index (χ0v) is 9.36. The summed E-state index contributed by atoms with van der Waals surface area (Å²) in [6.45, 7) is 5.31. The summed E-state index contributed by atoms with van der Waals surface area (Å²) in [5, 5.41) is 2.88. The van der Waals surface area contributed by atoms with E-state index in [1.54, 1.807) is 0 Å². The Kier molecular flexibility index (Phi) is 7.78. The van der Waals surface area contributed by atoms with Crippen molar-refractivity contribution >= 4 is 0 Å². The van der Waals surface area contributed by atoms with Crippen LogP contribution in [-0.4, -0.2) is 32.0 Å². The SMILES string of the molecule is CCCNC(CCOCC)CC(F)(F)F. The van der Waals surface area contributed by atoms with Gasteiger partial charge in [-0.2, -0.15) is 13.2 Å². The molecule has 0 heterocycles. The lowest BCUT2D eigenvalue weighted by Gasteiger charge is -2.19. The molecule has 15 heavy (non-hydrogen) atoms. The molecule has 0 bridgehead atoms. The van der Waals surface area contributed by atoms with Crippen molar-refractivity contribution < 1.29 is 17.9 Å². The molecule has 1 unspecified atom stereocenters. The van der Waals surface area contributed by atoms with Gasteiger partial charge in [-0.15, -0.1) is 0 Å². The van der Waals surface area contributed by atoms with Crippen LogP contribution in [0.5, 0.6) is 0 Å². The van der Waals surface area contributed by atoms with Crippen molar-refractivity contribution in [1.82, 2.24) is 5.32 Å². The molecule has 0 saturated carbocycles. The van der Waals surface area contributed by atoms with Crippen molar-refractivity contribution in [2.24, 2.45) is 0 Å². The minimum absolute atomic E-state index is 0.383. The second-order valence-corrected chi connectivity index (χ2v) is 3.46. The molecule has 0 radical (unpaired) electrons. The third kappa shape index (κ3) is 10.0. The number of hydrogen-bond donors (Lipinski definition) is 1. The fourth-order valence-electron chi connectivity index (χ4n) is 1.27. The number of hydrogen-bond acceptors (Lipinski definition) is 2. The summed E-state index contributed by atoms with van der Waals surface area (Å²) in [4.78, 5) is 0. The van der Waals surface area contributed by atoms with Crippen LogP contribution in [0.25, 0.3) is 0 Å². The Morgan fingerprint density at radius 1 is 1.27 bits per heavy atom. The standard InChI is InChI=1S/C10H20F3NO/c1-3-6-14-9(5-7-15-4-2)8-10(11,12)13/h9,14H,3-8H2,1-2H3. The first-order valence-corrected chi connectivity index (χ1v) is 5.37. The first-order valence-electron chi connectivity index (χ1n) is 5.37. The summed E-state index contributed by atoms with van der Waals surface area (Å²) in [6.07, 6.45) is -3.63. The molecule has 92 valence electrons. The molecule has 0 amide bonds. The normalized spacial score (nSPS) is 14.2. The van der Waals surface area contributed by atoms with Gasteiger partial charge < -0.3 is 10.1 Å². The van der Waals surface area contributed by atoms with E-state index in [4.69, 9.17) is 4.74 Å². The monoisotopic (exact) mass is 227 g/mol. The maximum Gasteiger partial charge on any atom is 0.390 e. The fraction of sp³-hybridized carbons (Fsp3) is 1.00. The van der Waals surface area contributed by atoms with Gasteiger partial charge in [0.25, 0.3) is 0 Å². The first-order chi connectivity index (χ1) is 6.99. The molecule has 0 aromatic rings. The number of nitrogens with one attached hydrogen (secondary N) is 1. The Bertz CT molecular complexity index is 150. The van der Waals surface area contributed by atoms with Crippen LogP contribution in [0.4, 0.5) is 13.2 Å². The van der Waals surface area contributed by atoms with E-state index >= 15 is 0 Å². The van der Waals surface area contributed by atoms with Crippen molar-refractivity contribution in [2.75, 3.05) is 19.8 Å². The largest absolute Gasteiger partial charge is 0.390 e. The van der Waals surface area contributed by atoms with Gasteiger partial charge >= 0.3 is 6.18 Å². The third-order valence-electron chi connectivity index (χ3n) is 1.98. The highest BCUT2D eigenvalue weighted by atomic mass is 19.4. The number of halogens is 3. The minimum Gasteiger partial charge on any atom is -0.382 e. The van der Waals surface area contributed by atoms with Gasteiger partial charge in [-0.05, 0) is 26.3 Å². The summed E-state index contributed by atoms with van der Waals surface area (Å²) in [6, 6.07) is -0.517.